The van der Waals surface area contributed by atoms with Crippen LogP contribution in [0, 0.1) is 11.7 Å². The number of piperidine rings is 1. The van der Waals surface area contributed by atoms with Gasteiger partial charge in [0.15, 0.2) is 0 Å². The molecule has 2 rings (SSSR count). The van der Waals surface area contributed by atoms with E-state index >= 15 is 0 Å². The highest BCUT2D eigenvalue weighted by molar-refractivity contribution is 7.89. The number of ether oxygens (including phenoxy) is 1. The first-order chi connectivity index (χ1) is 10.3. The second kappa shape index (κ2) is 6.49. The molecule has 1 N–H and O–H groups in total. The molecule has 2 unspecified atom stereocenters. The summed E-state index contributed by atoms with van der Waals surface area (Å²) in [5.41, 5.74) is 0. The van der Waals surface area contributed by atoms with Crippen molar-refractivity contribution in [2.75, 3.05) is 13.7 Å². The number of nitrogens with zero attached hydrogens (tertiary/aromatic N) is 1. The predicted molar refractivity (Wildman–Crippen MR) is 76.5 cm³/mol. The quantitative estimate of drug-likeness (QED) is 0.896. The third-order valence-electron chi connectivity index (χ3n) is 3.58. The molecule has 1 heterocycles. The molecule has 6 nitrogen and oxygen atoms in total. The maximum atomic E-state index is 13.2. The van der Waals surface area contributed by atoms with Crippen molar-refractivity contribution in [3.63, 3.8) is 0 Å². The molecular weight excluding hydrogens is 337 g/mol. The topological polar surface area (TPSA) is 83.9 Å². The van der Waals surface area contributed by atoms with Gasteiger partial charge in [0.1, 0.15) is 12.0 Å². The van der Waals surface area contributed by atoms with E-state index in [2.05, 4.69) is 0 Å². The van der Waals surface area contributed by atoms with E-state index in [9.17, 15) is 22.7 Å². The molecule has 0 aromatic heterocycles. The third kappa shape index (κ3) is 3.10. The Bertz CT molecular complexity index is 681. The smallest absolute Gasteiger partial charge is 0.310 e. The normalized spacial score (nSPS) is 23.4. The Hall–Kier alpha value is -1.22. The Morgan fingerprint density at radius 1 is 1.50 bits per heavy atom. The van der Waals surface area contributed by atoms with Crippen LogP contribution in [0.2, 0.25) is 5.02 Å². The van der Waals surface area contributed by atoms with Crippen molar-refractivity contribution >= 4 is 27.6 Å². The van der Waals surface area contributed by atoms with Crippen LogP contribution in [0.1, 0.15) is 12.8 Å². The molecule has 1 fully saturated rings. The van der Waals surface area contributed by atoms with Crippen LogP contribution < -0.4 is 0 Å². The van der Waals surface area contributed by atoms with Gasteiger partial charge in [-0.05, 0) is 31.0 Å². The number of aliphatic carboxylic acids is 1. The molecule has 0 aliphatic carbocycles. The van der Waals surface area contributed by atoms with Crippen molar-refractivity contribution in [2.45, 2.75) is 24.0 Å². The van der Waals surface area contributed by atoms with E-state index in [4.69, 9.17) is 16.3 Å². The zero-order valence-corrected chi connectivity index (χ0v) is 13.3. The highest BCUT2D eigenvalue weighted by atomic mass is 35.5. The van der Waals surface area contributed by atoms with Gasteiger partial charge in [0.05, 0.1) is 15.8 Å². The van der Waals surface area contributed by atoms with E-state index in [1.165, 1.54) is 7.11 Å². The van der Waals surface area contributed by atoms with Crippen molar-refractivity contribution in [1.29, 1.82) is 0 Å². The standard InChI is InChI=1S/C13H15ClFNO5S/c1-21-12-9(13(17)18)3-2-6-16(12)22(19,20)8-4-5-11(15)10(14)7-8/h4-5,7,9,12H,2-3,6H2,1H3,(H,17,18). The molecule has 122 valence electrons. The van der Waals surface area contributed by atoms with Gasteiger partial charge < -0.3 is 9.84 Å². The summed E-state index contributed by atoms with van der Waals surface area (Å²) in [5, 5.41) is 8.88. The Kier molecular flexibility index (Phi) is 5.06. The van der Waals surface area contributed by atoms with E-state index in [0.29, 0.717) is 12.8 Å². The van der Waals surface area contributed by atoms with Gasteiger partial charge in [0.2, 0.25) is 10.0 Å². The minimum Gasteiger partial charge on any atom is -0.481 e. The molecule has 22 heavy (non-hydrogen) atoms. The molecule has 0 bridgehead atoms. The van der Waals surface area contributed by atoms with Crippen LogP contribution >= 0.6 is 11.6 Å². The lowest BCUT2D eigenvalue weighted by Crippen LogP contribution is -2.51. The molecule has 1 aliphatic heterocycles. The summed E-state index contributed by atoms with van der Waals surface area (Å²) in [7, 11) is -2.78. The van der Waals surface area contributed by atoms with Gasteiger partial charge in [0.25, 0.3) is 0 Å². The van der Waals surface area contributed by atoms with Gasteiger partial charge in [-0.2, -0.15) is 4.31 Å². The van der Waals surface area contributed by atoms with Gasteiger partial charge in [-0.1, -0.05) is 11.6 Å². The molecule has 1 saturated heterocycles. The number of rotatable bonds is 4. The number of hydrogen-bond donors (Lipinski definition) is 1. The number of carboxylic acids is 1. The number of methoxy groups -OCH3 is 1. The zero-order valence-electron chi connectivity index (χ0n) is 11.7. The van der Waals surface area contributed by atoms with Crippen LogP contribution in [-0.4, -0.2) is 43.7 Å². The molecule has 1 aromatic carbocycles. The minimum atomic E-state index is -4.04. The summed E-state index contributed by atoms with van der Waals surface area (Å²) in [6.07, 6.45) is -0.394. The fourth-order valence-corrected chi connectivity index (χ4v) is 4.39. The van der Waals surface area contributed by atoms with E-state index in [-0.39, 0.29) is 16.5 Å². The van der Waals surface area contributed by atoms with Gasteiger partial charge in [-0.25, -0.2) is 12.8 Å². The lowest BCUT2D eigenvalue weighted by atomic mass is 9.98. The van der Waals surface area contributed by atoms with Crippen molar-refractivity contribution in [3.8, 4) is 0 Å². The van der Waals surface area contributed by atoms with E-state index < -0.39 is 34.0 Å². The van der Waals surface area contributed by atoms with Crippen LogP contribution in [0.4, 0.5) is 4.39 Å². The number of carboxylic acid groups (broad SMARTS) is 1. The maximum Gasteiger partial charge on any atom is 0.310 e. The molecule has 1 aliphatic rings. The first-order valence-corrected chi connectivity index (χ1v) is 8.33. The zero-order chi connectivity index (χ0) is 16.5. The summed E-state index contributed by atoms with van der Waals surface area (Å²) in [5.74, 6) is -2.81. The molecule has 9 heteroatoms. The highest BCUT2D eigenvalue weighted by Gasteiger charge is 2.42. The lowest BCUT2D eigenvalue weighted by Gasteiger charge is -2.37. The number of sulfonamides is 1. The van der Waals surface area contributed by atoms with Crippen molar-refractivity contribution in [3.05, 3.63) is 29.0 Å². The number of carbonyl (C=O) groups is 1. The first-order valence-electron chi connectivity index (χ1n) is 6.51. The van der Waals surface area contributed by atoms with Gasteiger partial charge in [-0.3, -0.25) is 4.79 Å². The molecule has 0 amide bonds. The summed E-state index contributed by atoms with van der Waals surface area (Å²) in [6, 6.07) is 3.05. The van der Waals surface area contributed by atoms with Crippen LogP contribution in [0.25, 0.3) is 0 Å². The predicted octanol–water partition coefficient (Wildman–Crippen LogP) is 1.94. The van der Waals surface area contributed by atoms with Crippen molar-refractivity contribution < 1.29 is 27.4 Å². The first kappa shape index (κ1) is 17.1. The van der Waals surface area contributed by atoms with Crippen LogP contribution in [0.5, 0.6) is 0 Å². The minimum absolute atomic E-state index is 0.125. The molecular formula is C13H15ClFNO5S. The Balaban J connectivity index is 2.42. The summed E-state index contributed by atoms with van der Waals surface area (Å²) in [6.45, 7) is 0.125. The van der Waals surface area contributed by atoms with Crippen molar-refractivity contribution in [1.82, 2.24) is 4.31 Å². The Labute approximate surface area is 132 Å². The maximum absolute atomic E-state index is 13.2. The SMILES string of the molecule is COC1C(C(=O)O)CCCN1S(=O)(=O)c1ccc(F)c(Cl)c1. The largest absolute Gasteiger partial charge is 0.481 e. The average molecular weight is 352 g/mol. The van der Waals surface area contributed by atoms with E-state index in [1.54, 1.807) is 0 Å². The Morgan fingerprint density at radius 3 is 2.73 bits per heavy atom. The summed E-state index contributed by atoms with van der Waals surface area (Å²) in [4.78, 5) is 11.1. The van der Waals surface area contributed by atoms with Crippen LogP contribution in [0.15, 0.2) is 23.1 Å². The van der Waals surface area contributed by atoms with E-state index in [1.807, 2.05) is 0 Å². The van der Waals surface area contributed by atoms with Gasteiger partial charge >= 0.3 is 5.97 Å². The fraction of sp³-hybridized carbons (Fsp3) is 0.462. The molecule has 0 saturated carbocycles. The van der Waals surface area contributed by atoms with Crippen LogP contribution in [-0.2, 0) is 19.6 Å². The highest BCUT2D eigenvalue weighted by Crippen LogP contribution is 2.31. The number of benzene rings is 1. The molecule has 0 spiro atoms. The third-order valence-corrected chi connectivity index (χ3v) is 5.73. The molecule has 0 radical (unpaired) electrons. The van der Waals surface area contributed by atoms with E-state index in [0.717, 1.165) is 22.5 Å². The number of hydrogen-bond acceptors (Lipinski definition) is 4. The monoisotopic (exact) mass is 351 g/mol. The summed E-state index contributed by atoms with van der Waals surface area (Å²) >= 11 is 5.62. The second-order valence-electron chi connectivity index (χ2n) is 4.90. The summed E-state index contributed by atoms with van der Waals surface area (Å²) < 4.78 is 44.6. The molecule has 2 atom stereocenters. The molecule has 1 aromatic rings. The lowest BCUT2D eigenvalue weighted by molar-refractivity contribution is -0.154. The number of halogens is 2. The average Bonchev–Trinajstić information content (AvgIpc) is 2.48. The van der Waals surface area contributed by atoms with Crippen LogP contribution in [0.3, 0.4) is 0 Å². The second-order valence-corrected chi connectivity index (χ2v) is 7.20. The fourth-order valence-electron chi connectivity index (χ4n) is 2.49. The Morgan fingerprint density at radius 2 is 2.18 bits per heavy atom. The van der Waals surface area contributed by atoms with Gasteiger partial charge in [-0.15, -0.1) is 0 Å². The van der Waals surface area contributed by atoms with Crippen molar-refractivity contribution in [2.24, 2.45) is 5.92 Å². The van der Waals surface area contributed by atoms with Gasteiger partial charge in [0, 0.05) is 13.7 Å².